The van der Waals surface area contributed by atoms with Crippen molar-refractivity contribution in [1.29, 1.82) is 0 Å². The van der Waals surface area contributed by atoms with Gasteiger partial charge in [0.1, 0.15) is 6.10 Å². The summed E-state index contributed by atoms with van der Waals surface area (Å²) < 4.78 is 24.6. The normalized spacial score (nSPS) is 28.6. The SMILES string of the molecule is [2H]CO[C@@H]1C[C@@H](N=[N+]=[N-])CO[C@@H]1CO[Si](C)(C)C(C)(C)C. The smallest absolute Gasteiger partial charge is 0.192 e. The van der Waals surface area contributed by atoms with Crippen LogP contribution in [-0.2, 0) is 13.9 Å². The Balaban J connectivity index is 2.62. The number of azide groups is 1. The van der Waals surface area contributed by atoms with Crippen molar-refractivity contribution in [2.45, 2.75) is 63.6 Å². The first-order chi connectivity index (χ1) is 9.71. The molecule has 0 unspecified atom stereocenters. The average Bonchev–Trinajstić information content (AvgIpc) is 2.37. The summed E-state index contributed by atoms with van der Waals surface area (Å²) >= 11 is 0. The van der Waals surface area contributed by atoms with Crippen LogP contribution in [0.1, 0.15) is 28.6 Å². The minimum Gasteiger partial charge on any atom is -0.414 e. The molecule has 0 aromatic heterocycles. The van der Waals surface area contributed by atoms with E-state index < -0.39 is 8.32 Å². The highest BCUT2D eigenvalue weighted by atomic mass is 28.4. The fourth-order valence-corrected chi connectivity index (χ4v) is 2.84. The van der Waals surface area contributed by atoms with Crippen LogP contribution in [-0.4, -0.2) is 46.9 Å². The first kappa shape index (κ1) is 15.8. The molecule has 1 saturated heterocycles. The van der Waals surface area contributed by atoms with Crippen molar-refractivity contribution >= 4 is 8.32 Å². The number of rotatable bonds is 5. The largest absolute Gasteiger partial charge is 0.414 e. The molecule has 3 atom stereocenters. The minimum absolute atomic E-state index is 0.131. The molecule has 1 rings (SSSR count). The molecule has 1 aliphatic rings. The minimum atomic E-state index is -1.84. The number of nitrogens with zero attached hydrogens (tertiary/aromatic N) is 3. The monoisotopic (exact) mass is 302 g/mol. The second-order valence-electron chi connectivity index (χ2n) is 6.74. The molecule has 1 fully saturated rings. The van der Waals surface area contributed by atoms with E-state index in [1.54, 1.807) is 0 Å². The standard InChI is InChI=1S/C13H27N3O3Si/c1-13(2,3)20(5,6)19-9-12-11(17-4)7-10(8-18-12)15-16-14/h10-12H,7-9H2,1-6H3/t10-,11-,12-/m1/s1/i4D. The van der Waals surface area contributed by atoms with E-state index in [0.29, 0.717) is 19.6 Å². The summed E-state index contributed by atoms with van der Waals surface area (Å²) in [5.41, 5.74) is 8.51. The van der Waals surface area contributed by atoms with E-state index in [4.69, 9.17) is 20.8 Å². The highest BCUT2D eigenvalue weighted by Gasteiger charge is 2.39. The van der Waals surface area contributed by atoms with Crippen LogP contribution in [0.15, 0.2) is 5.11 Å². The highest BCUT2D eigenvalue weighted by molar-refractivity contribution is 6.74. The zero-order valence-corrected chi connectivity index (χ0v) is 14.1. The van der Waals surface area contributed by atoms with Gasteiger partial charge in [-0.15, -0.1) is 0 Å². The van der Waals surface area contributed by atoms with Crippen LogP contribution in [0.4, 0.5) is 0 Å². The third-order valence-electron chi connectivity index (χ3n) is 4.27. The van der Waals surface area contributed by atoms with Gasteiger partial charge in [0.2, 0.25) is 0 Å². The first-order valence-corrected chi connectivity index (χ1v) is 9.82. The van der Waals surface area contributed by atoms with Crippen molar-refractivity contribution in [3.8, 4) is 0 Å². The van der Waals surface area contributed by atoms with E-state index in [9.17, 15) is 0 Å². The van der Waals surface area contributed by atoms with Crippen molar-refractivity contribution in [3.05, 3.63) is 10.4 Å². The first-order valence-electron chi connectivity index (χ1n) is 7.62. The molecule has 0 aromatic carbocycles. The summed E-state index contributed by atoms with van der Waals surface area (Å²) in [5, 5.41) is 3.82. The van der Waals surface area contributed by atoms with Gasteiger partial charge in [-0.1, -0.05) is 25.9 Å². The lowest BCUT2D eigenvalue weighted by Crippen LogP contribution is -2.48. The van der Waals surface area contributed by atoms with Crippen LogP contribution < -0.4 is 0 Å². The molecule has 1 heterocycles. The Kier molecular flexibility index (Phi) is 5.46. The molecule has 0 saturated carbocycles. The maximum Gasteiger partial charge on any atom is 0.192 e. The summed E-state index contributed by atoms with van der Waals surface area (Å²) in [6.45, 7) is 11.8. The molecule has 0 N–H and O–H groups in total. The molecule has 0 bridgehead atoms. The van der Waals surface area contributed by atoms with E-state index in [0.717, 1.165) is 0 Å². The van der Waals surface area contributed by atoms with Gasteiger partial charge in [-0.3, -0.25) is 0 Å². The number of ether oxygens (including phenoxy) is 2. The maximum atomic E-state index is 8.51. The summed E-state index contributed by atoms with van der Waals surface area (Å²) in [6.07, 6.45) is 0.125. The van der Waals surface area contributed by atoms with Crippen LogP contribution in [0.2, 0.25) is 18.1 Å². The van der Waals surface area contributed by atoms with Gasteiger partial charge >= 0.3 is 0 Å². The summed E-state index contributed by atoms with van der Waals surface area (Å²) in [6, 6.07) is -0.226. The van der Waals surface area contributed by atoms with Gasteiger partial charge in [0.05, 0.1) is 26.7 Å². The third-order valence-corrected chi connectivity index (χ3v) is 8.77. The predicted molar refractivity (Wildman–Crippen MR) is 81.2 cm³/mol. The lowest BCUT2D eigenvalue weighted by Gasteiger charge is -2.39. The van der Waals surface area contributed by atoms with E-state index in [1.165, 1.54) is 0 Å². The highest BCUT2D eigenvalue weighted by Crippen LogP contribution is 2.37. The van der Waals surface area contributed by atoms with Crippen molar-refractivity contribution in [2.24, 2.45) is 5.11 Å². The number of hydrogen-bond acceptors (Lipinski definition) is 4. The molecule has 7 heteroatoms. The zero-order valence-electron chi connectivity index (χ0n) is 14.1. The molecule has 0 aliphatic carbocycles. The Hall–Kier alpha value is -0.593. The van der Waals surface area contributed by atoms with Crippen LogP contribution in [0, 0.1) is 0 Å². The van der Waals surface area contributed by atoms with Crippen LogP contribution in [0.5, 0.6) is 0 Å². The van der Waals surface area contributed by atoms with E-state index in [1.807, 2.05) is 0 Å². The van der Waals surface area contributed by atoms with Gasteiger partial charge in [0.25, 0.3) is 0 Å². The van der Waals surface area contributed by atoms with E-state index >= 15 is 0 Å². The van der Waals surface area contributed by atoms with Gasteiger partial charge in [0, 0.05) is 12.0 Å². The Morgan fingerprint density at radius 3 is 2.75 bits per heavy atom. The molecule has 0 amide bonds. The van der Waals surface area contributed by atoms with Crippen molar-refractivity contribution in [1.82, 2.24) is 0 Å². The quantitative estimate of drug-likeness (QED) is 0.337. The Morgan fingerprint density at radius 1 is 1.50 bits per heavy atom. The van der Waals surface area contributed by atoms with Crippen molar-refractivity contribution < 1.29 is 15.3 Å². The average molecular weight is 302 g/mol. The number of hydrogen-bond donors (Lipinski definition) is 0. The van der Waals surface area contributed by atoms with Gasteiger partial charge < -0.3 is 13.9 Å². The molecule has 116 valence electrons. The molecule has 6 nitrogen and oxygen atoms in total. The fourth-order valence-electron chi connectivity index (χ4n) is 1.82. The lowest BCUT2D eigenvalue weighted by atomic mass is 10.0. The van der Waals surface area contributed by atoms with Gasteiger partial charge in [-0.2, -0.15) is 0 Å². The lowest BCUT2D eigenvalue weighted by molar-refractivity contribution is -0.113. The van der Waals surface area contributed by atoms with Gasteiger partial charge in [-0.05, 0) is 30.1 Å². The Labute approximate surface area is 123 Å². The fraction of sp³-hybridized carbons (Fsp3) is 1.00. The van der Waals surface area contributed by atoms with Crippen molar-refractivity contribution in [2.75, 3.05) is 20.3 Å². The summed E-state index contributed by atoms with van der Waals surface area (Å²) in [5.74, 6) is 0. The van der Waals surface area contributed by atoms with Gasteiger partial charge in [0.15, 0.2) is 8.32 Å². The Morgan fingerprint density at radius 2 is 2.20 bits per heavy atom. The van der Waals surface area contributed by atoms with Crippen LogP contribution >= 0.6 is 0 Å². The maximum absolute atomic E-state index is 8.51. The molecule has 0 spiro atoms. The van der Waals surface area contributed by atoms with Crippen LogP contribution in [0.3, 0.4) is 0 Å². The Bertz CT molecular complexity index is 383. The second kappa shape index (κ2) is 6.91. The zero-order chi connectivity index (χ0) is 16.1. The van der Waals surface area contributed by atoms with Gasteiger partial charge in [-0.25, -0.2) is 0 Å². The predicted octanol–water partition coefficient (Wildman–Crippen LogP) is 3.49. The molecular formula is C13H27N3O3Si. The molecule has 1 aliphatic heterocycles. The molecule has 0 radical (unpaired) electrons. The summed E-state index contributed by atoms with van der Waals surface area (Å²) in [4.78, 5) is 2.81. The summed E-state index contributed by atoms with van der Waals surface area (Å²) in [7, 11) is -1.97. The molecule has 20 heavy (non-hydrogen) atoms. The third kappa shape index (κ3) is 4.46. The van der Waals surface area contributed by atoms with E-state index in [2.05, 4.69) is 43.9 Å². The molecule has 0 aromatic rings. The number of methoxy groups -OCH3 is 1. The second-order valence-corrected chi connectivity index (χ2v) is 11.6. The van der Waals surface area contributed by atoms with Crippen molar-refractivity contribution in [3.63, 3.8) is 0 Å². The molecular weight excluding hydrogens is 274 g/mol. The van der Waals surface area contributed by atoms with E-state index in [-0.39, 0.29) is 30.4 Å². The van der Waals surface area contributed by atoms with Crippen LogP contribution in [0.25, 0.3) is 10.4 Å². The topological polar surface area (TPSA) is 76.5 Å².